The van der Waals surface area contributed by atoms with E-state index in [1.807, 2.05) is 0 Å². The van der Waals surface area contributed by atoms with Crippen LogP contribution < -0.4 is 0 Å². The van der Waals surface area contributed by atoms with E-state index in [9.17, 15) is 13.6 Å². The Morgan fingerprint density at radius 3 is 2.00 bits per heavy atom. The molecule has 0 unspecified atom stereocenters. The summed E-state index contributed by atoms with van der Waals surface area (Å²) in [5.74, 6) is 0.0617. The summed E-state index contributed by atoms with van der Waals surface area (Å²) in [6.45, 7) is 3.40. The number of carbonyl (C=O) groups is 1. The zero-order valence-electron chi connectivity index (χ0n) is 16.0. The van der Waals surface area contributed by atoms with Gasteiger partial charge in [0, 0.05) is 13.0 Å². The molecule has 0 spiro atoms. The first-order valence-corrected chi connectivity index (χ1v) is 9.94. The number of piperidine rings is 1. The minimum Gasteiger partial charge on any atom is -0.367 e. The standard InChI is InChI=1S/C23H27F2NO2/c24-21-7-3-19(4-8-21)23(20-5-9-22(25)10-6-20)28-17-15-26-13-11-18(12-14-26)2-1-16-27/h3-10,16,18,23H,1-2,11-15,17H2. The Morgan fingerprint density at radius 1 is 0.964 bits per heavy atom. The van der Waals surface area contributed by atoms with Crippen LogP contribution >= 0.6 is 0 Å². The molecule has 1 fully saturated rings. The molecule has 1 aliphatic rings. The van der Waals surface area contributed by atoms with Crippen LogP contribution in [0.25, 0.3) is 0 Å². The fraction of sp³-hybridized carbons (Fsp3) is 0.435. The fourth-order valence-corrected chi connectivity index (χ4v) is 3.76. The lowest BCUT2D eigenvalue weighted by molar-refractivity contribution is -0.108. The molecule has 150 valence electrons. The van der Waals surface area contributed by atoms with Gasteiger partial charge >= 0.3 is 0 Å². The first-order chi connectivity index (χ1) is 13.7. The van der Waals surface area contributed by atoms with Crippen molar-refractivity contribution in [1.82, 2.24) is 4.90 Å². The van der Waals surface area contributed by atoms with Crippen LogP contribution in [0.15, 0.2) is 48.5 Å². The van der Waals surface area contributed by atoms with Gasteiger partial charge in [0.1, 0.15) is 24.0 Å². The lowest BCUT2D eigenvalue weighted by Crippen LogP contribution is -2.36. The highest BCUT2D eigenvalue weighted by Crippen LogP contribution is 2.27. The number of hydrogen-bond acceptors (Lipinski definition) is 3. The monoisotopic (exact) mass is 387 g/mol. The number of hydrogen-bond donors (Lipinski definition) is 0. The van der Waals surface area contributed by atoms with Crippen LogP contribution in [0.2, 0.25) is 0 Å². The highest BCUT2D eigenvalue weighted by molar-refractivity contribution is 5.49. The maximum absolute atomic E-state index is 13.3. The van der Waals surface area contributed by atoms with E-state index in [2.05, 4.69) is 4.90 Å². The second-order valence-corrected chi connectivity index (χ2v) is 7.38. The summed E-state index contributed by atoms with van der Waals surface area (Å²) >= 11 is 0. The maximum Gasteiger partial charge on any atom is 0.123 e. The van der Waals surface area contributed by atoms with Crippen LogP contribution in [-0.4, -0.2) is 37.4 Å². The van der Waals surface area contributed by atoms with E-state index in [0.29, 0.717) is 18.9 Å². The smallest absolute Gasteiger partial charge is 0.123 e. The molecule has 0 aliphatic carbocycles. The van der Waals surface area contributed by atoms with Crippen LogP contribution in [0.4, 0.5) is 8.78 Å². The Kier molecular flexibility index (Phi) is 7.69. The second-order valence-electron chi connectivity index (χ2n) is 7.38. The SMILES string of the molecule is O=CCCC1CCN(CCOC(c2ccc(F)cc2)c2ccc(F)cc2)CC1. The predicted molar refractivity (Wildman–Crippen MR) is 105 cm³/mol. The molecule has 0 saturated carbocycles. The molecule has 1 aliphatic heterocycles. The molecule has 0 radical (unpaired) electrons. The Morgan fingerprint density at radius 2 is 1.50 bits per heavy atom. The molecule has 1 saturated heterocycles. The molecule has 0 aromatic heterocycles. The van der Waals surface area contributed by atoms with Crippen LogP contribution in [0, 0.1) is 17.6 Å². The minimum atomic E-state index is -0.355. The Labute approximate surface area is 165 Å². The molecule has 0 amide bonds. The van der Waals surface area contributed by atoms with Crippen molar-refractivity contribution in [3.8, 4) is 0 Å². The number of aldehydes is 1. The van der Waals surface area contributed by atoms with Crippen LogP contribution in [0.5, 0.6) is 0 Å². The quantitative estimate of drug-likeness (QED) is 0.581. The molecule has 3 nitrogen and oxygen atoms in total. The molecule has 0 bridgehead atoms. The number of halogens is 2. The number of ether oxygens (including phenoxy) is 1. The van der Waals surface area contributed by atoms with Crippen molar-refractivity contribution in [2.45, 2.75) is 31.8 Å². The zero-order chi connectivity index (χ0) is 19.8. The molecule has 0 atom stereocenters. The highest BCUT2D eigenvalue weighted by atomic mass is 19.1. The van der Waals surface area contributed by atoms with Gasteiger partial charge in [-0.15, -0.1) is 0 Å². The summed E-state index contributed by atoms with van der Waals surface area (Å²) in [7, 11) is 0. The minimum absolute atomic E-state index is 0.293. The maximum atomic E-state index is 13.3. The zero-order valence-corrected chi connectivity index (χ0v) is 16.0. The fourth-order valence-electron chi connectivity index (χ4n) is 3.76. The van der Waals surface area contributed by atoms with E-state index in [1.54, 1.807) is 24.3 Å². The van der Waals surface area contributed by atoms with Crippen molar-refractivity contribution >= 4 is 6.29 Å². The van der Waals surface area contributed by atoms with E-state index in [0.717, 1.165) is 56.3 Å². The molecule has 2 aromatic carbocycles. The largest absolute Gasteiger partial charge is 0.367 e. The Hall–Kier alpha value is -2.11. The van der Waals surface area contributed by atoms with Crippen LogP contribution in [-0.2, 0) is 9.53 Å². The van der Waals surface area contributed by atoms with E-state index >= 15 is 0 Å². The third-order valence-electron chi connectivity index (χ3n) is 5.44. The van der Waals surface area contributed by atoms with Gasteiger partial charge in [0.05, 0.1) is 6.61 Å². The van der Waals surface area contributed by atoms with Gasteiger partial charge < -0.3 is 14.4 Å². The Balaban J connectivity index is 1.56. The molecule has 3 rings (SSSR count). The molecular formula is C23H27F2NO2. The van der Waals surface area contributed by atoms with E-state index in [1.165, 1.54) is 24.3 Å². The van der Waals surface area contributed by atoms with E-state index in [4.69, 9.17) is 4.74 Å². The van der Waals surface area contributed by atoms with Gasteiger partial charge in [0.2, 0.25) is 0 Å². The van der Waals surface area contributed by atoms with Gasteiger partial charge in [-0.25, -0.2) is 8.78 Å². The Bertz CT molecular complexity index is 680. The normalized spacial score (nSPS) is 15.8. The van der Waals surface area contributed by atoms with E-state index in [-0.39, 0.29) is 17.7 Å². The summed E-state index contributed by atoms with van der Waals surface area (Å²) in [5.41, 5.74) is 1.70. The predicted octanol–water partition coefficient (Wildman–Crippen LogP) is 4.76. The topological polar surface area (TPSA) is 29.5 Å². The number of nitrogens with zero attached hydrogens (tertiary/aromatic N) is 1. The van der Waals surface area contributed by atoms with Gasteiger partial charge in [-0.1, -0.05) is 24.3 Å². The lowest BCUT2D eigenvalue weighted by atomic mass is 9.92. The molecule has 5 heteroatoms. The van der Waals surface area contributed by atoms with Crippen molar-refractivity contribution in [3.05, 3.63) is 71.3 Å². The molecule has 2 aromatic rings. The third-order valence-corrected chi connectivity index (χ3v) is 5.44. The number of rotatable bonds is 9. The highest BCUT2D eigenvalue weighted by Gasteiger charge is 2.20. The summed E-state index contributed by atoms with van der Waals surface area (Å²) in [6, 6.07) is 12.5. The average molecular weight is 387 g/mol. The molecule has 0 N–H and O–H groups in total. The van der Waals surface area contributed by atoms with E-state index < -0.39 is 0 Å². The van der Waals surface area contributed by atoms with Gasteiger partial charge in [-0.3, -0.25) is 0 Å². The van der Waals surface area contributed by atoms with Gasteiger partial charge in [0.15, 0.2) is 0 Å². The molecule has 28 heavy (non-hydrogen) atoms. The summed E-state index contributed by atoms with van der Waals surface area (Å²) in [5, 5.41) is 0. The first-order valence-electron chi connectivity index (χ1n) is 9.94. The lowest BCUT2D eigenvalue weighted by Gasteiger charge is -2.32. The number of benzene rings is 2. The van der Waals surface area contributed by atoms with Crippen LogP contribution in [0.3, 0.4) is 0 Å². The second kappa shape index (κ2) is 10.4. The first kappa shape index (κ1) is 20.6. The summed E-state index contributed by atoms with van der Waals surface area (Å²) in [4.78, 5) is 12.9. The summed E-state index contributed by atoms with van der Waals surface area (Å²) < 4.78 is 32.7. The van der Waals surface area contributed by atoms with Gasteiger partial charge in [-0.2, -0.15) is 0 Å². The number of carbonyl (C=O) groups excluding carboxylic acids is 1. The number of likely N-dealkylation sites (tertiary alicyclic amines) is 1. The average Bonchev–Trinajstić information content (AvgIpc) is 2.72. The van der Waals surface area contributed by atoms with Crippen molar-refractivity contribution in [2.75, 3.05) is 26.2 Å². The third kappa shape index (κ3) is 5.94. The van der Waals surface area contributed by atoms with Crippen molar-refractivity contribution in [2.24, 2.45) is 5.92 Å². The van der Waals surface area contributed by atoms with Gasteiger partial charge in [0.25, 0.3) is 0 Å². The van der Waals surface area contributed by atoms with Crippen molar-refractivity contribution < 1.29 is 18.3 Å². The van der Waals surface area contributed by atoms with Crippen LogP contribution in [0.1, 0.15) is 42.9 Å². The van der Waals surface area contributed by atoms with Gasteiger partial charge in [-0.05, 0) is 73.7 Å². The van der Waals surface area contributed by atoms with Crippen molar-refractivity contribution in [1.29, 1.82) is 0 Å². The van der Waals surface area contributed by atoms with Crippen molar-refractivity contribution in [3.63, 3.8) is 0 Å². The molecular weight excluding hydrogens is 360 g/mol. The molecule has 1 heterocycles. The summed E-state index contributed by atoms with van der Waals surface area (Å²) in [6.07, 6.45) is 4.54.